The minimum absolute atomic E-state index is 0. The second-order valence-electron chi connectivity index (χ2n) is 10.2. The van der Waals surface area contributed by atoms with Gasteiger partial charge in [0, 0.05) is 86.6 Å². The van der Waals surface area contributed by atoms with E-state index >= 15 is 0 Å². The molecule has 0 bridgehead atoms. The summed E-state index contributed by atoms with van der Waals surface area (Å²) in [5.74, 6) is -0.999. The molecule has 0 aromatic heterocycles. The van der Waals surface area contributed by atoms with Crippen LogP contribution in [0.25, 0.3) is 10.8 Å². The van der Waals surface area contributed by atoms with Crippen molar-refractivity contribution in [2.75, 3.05) is 17.2 Å². The molecule has 0 heterocycles. The van der Waals surface area contributed by atoms with Crippen molar-refractivity contribution in [3.05, 3.63) is 78.9 Å². The molecule has 260 valence electrons. The molecule has 0 aliphatic carbocycles. The van der Waals surface area contributed by atoms with Crippen molar-refractivity contribution in [2.45, 2.75) is 14.7 Å². The number of aromatic hydroxyl groups is 1. The van der Waals surface area contributed by atoms with Crippen LogP contribution >= 0.6 is 0 Å². The summed E-state index contributed by atoms with van der Waals surface area (Å²) in [5, 5.41) is 33.8. The van der Waals surface area contributed by atoms with Gasteiger partial charge in [0.1, 0.15) is 26.9 Å². The Morgan fingerprint density at radius 2 is 0.981 bits per heavy atom. The van der Waals surface area contributed by atoms with E-state index in [-0.39, 0.29) is 97.7 Å². The molecule has 10 N–H and O–H groups in total. The van der Waals surface area contributed by atoms with Crippen molar-refractivity contribution in [3.8, 4) is 5.75 Å². The van der Waals surface area contributed by atoms with Crippen molar-refractivity contribution < 1.29 is 44.0 Å². The summed E-state index contributed by atoms with van der Waals surface area (Å²) in [6.45, 7) is 0. The first-order valence-electron chi connectivity index (χ1n) is 13.5. The summed E-state index contributed by atoms with van der Waals surface area (Å²) < 4.78 is 101. The molecule has 5 rings (SSSR count). The number of azo groups is 3. The van der Waals surface area contributed by atoms with Gasteiger partial charge in [0.2, 0.25) is 0 Å². The van der Waals surface area contributed by atoms with Gasteiger partial charge < -0.3 is 22.3 Å². The number of phenolic OH excluding ortho intramolecular Hbond substituents is 1. The van der Waals surface area contributed by atoms with Crippen molar-refractivity contribution in [1.29, 1.82) is 0 Å². The van der Waals surface area contributed by atoms with E-state index < -0.39 is 73.2 Å². The Labute approximate surface area is 360 Å². The van der Waals surface area contributed by atoms with Gasteiger partial charge in [-0.1, -0.05) is 0 Å². The van der Waals surface area contributed by atoms with Gasteiger partial charge in [0.05, 0.1) is 38.7 Å². The number of anilines is 3. The molecule has 0 saturated carbocycles. The van der Waals surface area contributed by atoms with Gasteiger partial charge >= 0.3 is 0 Å². The van der Waals surface area contributed by atoms with E-state index in [0.29, 0.717) is 22.7 Å². The van der Waals surface area contributed by atoms with Gasteiger partial charge in [0.15, 0.2) is 5.75 Å². The summed E-state index contributed by atoms with van der Waals surface area (Å²) in [5.41, 5.74) is 17.2. The molecule has 24 heteroatoms. The smallest absolute Gasteiger partial charge is 0.296 e. The zero-order valence-corrected chi connectivity index (χ0v) is 34.5. The fraction of sp³-hybridized carbons (Fsp3) is 0. The second kappa shape index (κ2) is 16.8. The number of nitrogen functional groups attached to an aromatic ring is 3. The molecule has 0 spiro atoms. The quantitative estimate of drug-likeness (QED) is 0.0418. The van der Waals surface area contributed by atoms with Crippen LogP contribution in [0.2, 0.25) is 0 Å². The predicted octanol–water partition coefficient (Wildman–Crippen LogP) is 5.52. The van der Waals surface area contributed by atoms with E-state index in [2.05, 4.69) is 30.7 Å². The summed E-state index contributed by atoms with van der Waals surface area (Å²) >= 11 is 0. The summed E-state index contributed by atoms with van der Waals surface area (Å²) in [4.78, 5) is -2.44. The fourth-order valence-corrected chi connectivity index (χ4v) is 6.17. The monoisotopic (exact) mass is 803 g/mol. The summed E-state index contributed by atoms with van der Waals surface area (Å²) in [6.07, 6.45) is 0. The molecular formula is C28H23KN9NaO10S3. The Kier molecular flexibility index (Phi) is 13.9. The molecule has 0 unspecified atom stereocenters. The van der Waals surface area contributed by atoms with E-state index in [9.17, 15) is 39.5 Å². The van der Waals surface area contributed by atoms with Crippen LogP contribution < -0.4 is 17.2 Å². The van der Waals surface area contributed by atoms with Gasteiger partial charge in [0.25, 0.3) is 30.4 Å². The average Bonchev–Trinajstić information content (AvgIpc) is 3.02. The molecule has 52 heavy (non-hydrogen) atoms. The third-order valence-corrected chi connectivity index (χ3v) is 9.31. The molecule has 0 fully saturated rings. The van der Waals surface area contributed by atoms with Crippen molar-refractivity contribution >= 4 is 173 Å². The zero-order chi connectivity index (χ0) is 36.6. The number of benzene rings is 5. The maximum absolute atomic E-state index is 12.4. The number of hydrogen-bond acceptors (Lipinski definition) is 16. The molecule has 0 saturated heterocycles. The second-order valence-corrected chi connectivity index (χ2v) is 14.4. The maximum atomic E-state index is 12.4. The fourth-order valence-electron chi connectivity index (χ4n) is 4.37. The Morgan fingerprint density at radius 1 is 0.538 bits per heavy atom. The molecule has 0 aliphatic rings. The topological polar surface area (TPSA) is 336 Å². The number of rotatable bonds is 9. The molecule has 0 aliphatic heterocycles. The first kappa shape index (κ1) is 43.1. The predicted molar refractivity (Wildman–Crippen MR) is 192 cm³/mol. The minimum atomic E-state index is -5.17. The zero-order valence-electron chi connectivity index (χ0n) is 26.9. The average molecular weight is 804 g/mol. The Bertz CT molecular complexity index is 2610. The van der Waals surface area contributed by atoms with Crippen LogP contribution in [-0.2, 0) is 30.4 Å². The van der Waals surface area contributed by atoms with Crippen LogP contribution in [0.1, 0.15) is 0 Å². The van der Waals surface area contributed by atoms with E-state index in [1.807, 2.05) is 0 Å². The van der Waals surface area contributed by atoms with Crippen molar-refractivity contribution in [2.24, 2.45) is 30.7 Å². The van der Waals surface area contributed by atoms with E-state index in [0.717, 1.165) is 36.4 Å². The Morgan fingerprint density at radius 3 is 1.44 bits per heavy atom. The van der Waals surface area contributed by atoms with Gasteiger partial charge in [-0.2, -0.15) is 40.6 Å². The van der Waals surface area contributed by atoms with Gasteiger partial charge in [-0.25, -0.2) is 0 Å². The molecule has 2 radical (unpaired) electrons. The standard InChI is InChI=1S/C28H23N9O10S3.K.Na/c29-15-1-10-21(20(30)13-15)35-32-16-2-4-17(5-3-16)33-36-26-22(49(42,43)44)11-14-12-23(50(45,46)47)27(28(38)24(14)25(26)31)37-34-18-6-8-19(9-7-18)48(39,40)41;;/h1-13,38H,29-31H2,(H,39,40,41)(H,42,43,44)(H,45,46,47);;. The Balaban J connectivity index is 0.00000364. The summed E-state index contributed by atoms with van der Waals surface area (Å²) in [7, 11) is -14.8. The van der Waals surface area contributed by atoms with Gasteiger partial charge in [-0.3, -0.25) is 13.7 Å². The van der Waals surface area contributed by atoms with E-state index in [4.69, 9.17) is 21.8 Å². The number of nitrogens with zero attached hydrogens (tertiary/aromatic N) is 6. The SMILES string of the molecule is Nc1ccc(N=Nc2ccc(N=Nc3c(S(=O)(=O)O)cc4cc(S(=O)(=O)O)c(N=Nc5ccc(S(=O)(=O)O)cc5)c(O)c4c3N)cc2)c(N)c1.[K].[Na]. The number of nitrogens with two attached hydrogens (primary N) is 3. The van der Waals surface area contributed by atoms with Gasteiger partial charge in [-0.05, 0) is 84.2 Å². The normalized spacial score (nSPS) is 12.4. The van der Waals surface area contributed by atoms with Crippen LogP contribution in [0.5, 0.6) is 5.75 Å². The number of phenols is 1. The Hall–Kier alpha value is -3.27. The first-order valence-corrected chi connectivity index (χ1v) is 17.8. The first-order chi connectivity index (χ1) is 23.3. The van der Waals surface area contributed by atoms with E-state index in [1.165, 1.54) is 30.3 Å². The van der Waals surface area contributed by atoms with Crippen LogP contribution in [0.3, 0.4) is 0 Å². The number of hydrogen-bond donors (Lipinski definition) is 7. The van der Waals surface area contributed by atoms with Crippen LogP contribution in [0, 0.1) is 0 Å². The van der Waals surface area contributed by atoms with E-state index in [1.54, 1.807) is 12.1 Å². The molecule has 19 nitrogen and oxygen atoms in total. The number of fused-ring (bicyclic) bond motifs is 1. The van der Waals surface area contributed by atoms with Crippen molar-refractivity contribution in [3.63, 3.8) is 0 Å². The molecule has 5 aromatic carbocycles. The third kappa shape index (κ3) is 10.0. The van der Waals surface area contributed by atoms with Gasteiger partial charge in [-0.15, -0.1) is 15.3 Å². The van der Waals surface area contributed by atoms with Crippen LogP contribution in [-0.4, -0.2) is 125 Å². The van der Waals surface area contributed by atoms with Crippen molar-refractivity contribution in [1.82, 2.24) is 0 Å². The summed E-state index contributed by atoms with van der Waals surface area (Å²) in [6, 6.07) is 16.1. The maximum Gasteiger partial charge on any atom is 0.296 e. The van der Waals surface area contributed by atoms with Crippen LogP contribution in [0.4, 0.5) is 51.2 Å². The third-order valence-electron chi connectivity index (χ3n) is 6.71. The molecule has 0 atom stereocenters. The van der Waals surface area contributed by atoms with Crippen LogP contribution in [0.15, 0.2) is 124 Å². The molecular weight excluding hydrogens is 781 g/mol. The minimum Gasteiger partial charge on any atom is -0.505 e. The molecule has 0 amide bonds. The molecule has 5 aromatic rings. The largest absolute Gasteiger partial charge is 0.505 e.